The van der Waals surface area contributed by atoms with Gasteiger partial charge in [-0.05, 0) is 52.2 Å². The highest BCUT2D eigenvalue weighted by Gasteiger charge is 2.04. The van der Waals surface area contributed by atoms with Crippen molar-refractivity contribution in [2.24, 2.45) is 0 Å². The van der Waals surface area contributed by atoms with Gasteiger partial charge in [0, 0.05) is 9.58 Å². The fourth-order valence-electron chi connectivity index (χ4n) is 1.85. The van der Waals surface area contributed by atoms with Crippen molar-refractivity contribution < 1.29 is 4.79 Å². The summed E-state index contributed by atoms with van der Waals surface area (Å²) in [6.07, 6.45) is 4.09. The van der Waals surface area contributed by atoms with Crippen LogP contribution in [0.3, 0.4) is 0 Å². The number of hydrogen-bond donors (Lipinski definition) is 0. The molecule has 0 aliphatic heterocycles. The molecule has 1 nitrogen and oxygen atoms in total. The van der Waals surface area contributed by atoms with Gasteiger partial charge in [-0.15, -0.1) is 22.7 Å². The van der Waals surface area contributed by atoms with E-state index in [1.807, 2.05) is 24.3 Å². The van der Waals surface area contributed by atoms with Gasteiger partial charge in [0.15, 0.2) is 0 Å². The van der Waals surface area contributed by atoms with Crippen molar-refractivity contribution in [2.45, 2.75) is 0 Å². The average molecular weight is 305 g/mol. The van der Waals surface area contributed by atoms with Gasteiger partial charge in [-0.25, -0.2) is 0 Å². The maximum absolute atomic E-state index is 11.0. The molecule has 3 rings (SSSR count). The fourth-order valence-corrected chi connectivity index (χ4v) is 3.70. The second kappa shape index (κ2) is 5.29. The molecule has 0 saturated carbocycles. The third-order valence-corrected chi connectivity index (χ3v) is 5.11. The molecule has 19 heavy (non-hydrogen) atoms. The molecular formula is C15H9ClOS2. The molecular weight excluding hydrogens is 296 g/mol. The highest BCUT2D eigenvalue weighted by molar-refractivity contribution is 7.17. The van der Waals surface area contributed by atoms with Gasteiger partial charge in [-0.2, -0.15) is 0 Å². The van der Waals surface area contributed by atoms with Gasteiger partial charge in [0.05, 0.1) is 4.88 Å². The number of halogens is 1. The van der Waals surface area contributed by atoms with E-state index in [0.717, 1.165) is 4.88 Å². The van der Waals surface area contributed by atoms with Gasteiger partial charge in [0.1, 0.15) is 0 Å². The first-order valence-electron chi connectivity index (χ1n) is 5.68. The molecule has 4 heteroatoms. The van der Waals surface area contributed by atoms with Crippen molar-refractivity contribution in [1.29, 1.82) is 0 Å². The molecule has 0 bridgehead atoms. The molecule has 0 atom stereocenters. The number of hydrogen-bond acceptors (Lipinski definition) is 3. The largest absolute Gasteiger partial charge is 0.275 e. The summed E-state index contributed by atoms with van der Waals surface area (Å²) in [7, 11) is 0. The van der Waals surface area contributed by atoms with E-state index in [2.05, 4.69) is 23.6 Å². The maximum Gasteiger partial charge on any atom is 0.262 e. The average Bonchev–Trinajstić information content (AvgIpc) is 3.03. The second-order valence-electron chi connectivity index (χ2n) is 4.00. The van der Waals surface area contributed by atoms with Crippen molar-refractivity contribution in [3.05, 3.63) is 57.1 Å². The van der Waals surface area contributed by atoms with Crippen LogP contribution < -0.4 is 0 Å². The molecule has 0 N–H and O–H groups in total. The Hall–Kier alpha value is -1.42. The van der Waals surface area contributed by atoms with Crippen molar-refractivity contribution in [3.8, 4) is 0 Å². The van der Waals surface area contributed by atoms with E-state index in [9.17, 15) is 4.79 Å². The molecule has 0 saturated heterocycles. The van der Waals surface area contributed by atoms with Crippen LogP contribution in [0.2, 0.25) is 0 Å². The predicted molar refractivity (Wildman–Crippen MR) is 85.3 cm³/mol. The number of benzene rings is 1. The van der Waals surface area contributed by atoms with Crippen molar-refractivity contribution >= 4 is 61.8 Å². The van der Waals surface area contributed by atoms with E-state index in [1.54, 1.807) is 17.4 Å². The van der Waals surface area contributed by atoms with E-state index in [-0.39, 0.29) is 0 Å². The fraction of sp³-hybridized carbons (Fsp3) is 0. The minimum Gasteiger partial charge on any atom is -0.275 e. The topological polar surface area (TPSA) is 17.1 Å². The summed E-state index contributed by atoms with van der Waals surface area (Å²) >= 11 is 8.58. The molecule has 3 aromatic rings. The Morgan fingerprint density at radius 3 is 2.74 bits per heavy atom. The zero-order valence-electron chi connectivity index (χ0n) is 9.80. The van der Waals surface area contributed by atoms with E-state index in [4.69, 9.17) is 11.6 Å². The highest BCUT2D eigenvalue weighted by Crippen LogP contribution is 2.28. The Morgan fingerprint density at radius 2 is 1.95 bits per heavy atom. The molecule has 1 aromatic carbocycles. The number of carbonyl (C=O) groups is 1. The quantitative estimate of drug-likeness (QED) is 0.583. The van der Waals surface area contributed by atoms with E-state index < -0.39 is 5.24 Å². The van der Waals surface area contributed by atoms with Gasteiger partial charge in [0.25, 0.3) is 5.24 Å². The molecule has 0 spiro atoms. The van der Waals surface area contributed by atoms with Gasteiger partial charge < -0.3 is 0 Å². The standard InChI is InChI=1S/C15H9ClOS2/c16-15(17)14-8-7-11(19-14)6-5-10-9-18-13-4-2-1-3-12(10)13/h1-9H/b6-5+. The summed E-state index contributed by atoms with van der Waals surface area (Å²) in [5.74, 6) is 0. The van der Waals surface area contributed by atoms with Gasteiger partial charge in [0.2, 0.25) is 0 Å². The molecule has 0 aliphatic carbocycles. The number of fused-ring (bicyclic) bond motifs is 1. The highest BCUT2D eigenvalue weighted by atomic mass is 35.5. The smallest absolute Gasteiger partial charge is 0.262 e. The third-order valence-electron chi connectivity index (χ3n) is 2.76. The molecule has 0 unspecified atom stereocenters. The molecule has 0 fully saturated rings. The van der Waals surface area contributed by atoms with Crippen LogP contribution in [0, 0.1) is 0 Å². The Morgan fingerprint density at radius 1 is 1.11 bits per heavy atom. The Kier molecular flexibility index (Phi) is 3.51. The van der Waals surface area contributed by atoms with Crippen LogP contribution in [0.25, 0.3) is 22.2 Å². The third kappa shape index (κ3) is 2.63. The van der Waals surface area contributed by atoms with Crippen LogP contribution in [0.4, 0.5) is 0 Å². The van der Waals surface area contributed by atoms with E-state index in [1.165, 1.54) is 27.0 Å². The van der Waals surface area contributed by atoms with Gasteiger partial charge in [-0.1, -0.05) is 24.3 Å². The number of rotatable bonds is 3. The minimum absolute atomic E-state index is 0.398. The number of carbonyl (C=O) groups excluding carboxylic acids is 1. The monoisotopic (exact) mass is 304 g/mol. The summed E-state index contributed by atoms with van der Waals surface area (Å²) in [6, 6.07) is 12.0. The van der Waals surface area contributed by atoms with E-state index in [0.29, 0.717) is 4.88 Å². The second-order valence-corrected chi connectivity index (χ2v) is 6.37. The summed E-state index contributed by atoms with van der Waals surface area (Å²) in [5, 5.41) is 3.00. The van der Waals surface area contributed by atoms with Crippen LogP contribution in [0.1, 0.15) is 20.1 Å². The number of thiophene rings is 2. The maximum atomic E-state index is 11.0. The van der Waals surface area contributed by atoms with Crippen molar-refractivity contribution in [1.82, 2.24) is 0 Å². The van der Waals surface area contributed by atoms with Crippen LogP contribution in [0.5, 0.6) is 0 Å². The molecule has 2 aromatic heterocycles. The first-order valence-corrected chi connectivity index (χ1v) is 7.75. The molecule has 0 radical (unpaired) electrons. The minimum atomic E-state index is -0.398. The first-order chi connectivity index (χ1) is 9.24. The summed E-state index contributed by atoms with van der Waals surface area (Å²) in [4.78, 5) is 12.6. The molecule has 2 heterocycles. The Bertz CT molecular complexity index is 767. The molecule has 94 valence electrons. The van der Waals surface area contributed by atoms with Crippen LogP contribution in [-0.2, 0) is 0 Å². The lowest BCUT2D eigenvalue weighted by atomic mass is 10.1. The Balaban J connectivity index is 1.91. The lowest BCUT2D eigenvalue weighted by Gasteiger charge is -1.90. The first kappa shape index (κ1) is 12.6. The summed E-state index contributed by atoms with van der Waals surface area (Å²) < 4.78 is 1.28. The zero-order chi connectivity index (χ0) is 13.2. The molecule has 0 amide bonds. The lowest BCUT2D eigenvalue weighted by Crippen LogP contribution is -1.78. The van der Waals surface area contributed by atoms with Crippen LogP contribution in [-0.4, -0.2) is 5.24 Å². The van der Waals surface area contributed by atoms with Crippen molar-refractivity contribution in [2.75, 3.05) is 0 Å². The van der Waals surface area contributed by atoms with E-state index >= 15 is 0 Å². The van der Waals surface area contributed by atoms with Gasteiger partial charge in [-0.3, -0.25) is 4.79 Å². The Labute approximate surface area is 123 Å². The summed E-state index contributed by atoms with van der Waals surface area (Å²) in [5.41, 5.74) is 1.20. The van der Waals surface area contributed by atoms with Crippen molar-refractivity contribution in [3.63, 3.8) is 0 Å². The van der Waals surface area contributed by atoms with Crippen LogP contribution >= 0.6 is 34.3 Å². The summed E-state index contributed by atoms with van der Waals surface area (Å²) in [6.45, 7) is 0. The normalized spacial score (nSPS) is 11.4. The van der Waals surface area contributed by atoms with Gasteiger partial charge >= 0.3 is 0 Å². The SMILES string of the molecule is O=C(Cl)c1ccc(/C=C/c2csc3ccccc23)s1. The predicted octanol–water partition coefficient (Wildman–Crippen LogP) is 5.51. The molecule has 0 aliphatic rings. The zero-order valence-corrected chi connectivity index (χ0v) is 12.2. The van der Waals surface area contributed by atoms with Crippen LogP contribution in [0.15, 0.2) is 41.8 Å². The lowest BCUT2D eigenvalue weighted by molar-refractivity contribution is 0.108.